The molecule has 0 heterocycles. The van der Waals surface area contributed by atoms with Crippen LogP contribution in [0.25, 0.3) is 0 Å². The van der Waals surface area contributed by atoms with Crippen LogP contribution in [0.5, 0.6) is 0 Å². The molecule has 0 spiro atoms. The van der Waals surface area contributed by atoms with Crippen LogP contribution in [0.2, 0.25) is 0 Å². The van der Waals surface area contributed by atoms with Gasteiger partial charge in [-0.1, -0.05) is 33.8 Å². The fourth-order valence-corrected chi connectivity index (χ4v) is 7.12. The molecule has 2 aromatic rings. The maximum absolute atomic E-state index is 3.81. The SMILES string of the molecule is CC(C)c1cccc(C(C)C)c1NCCN(C)CNc1c(C(C)C)cc[c]([Co]([Br])[Br])c1C(C)C. The van der Waals surface area contributed by atoms with Crippen molar-refractivity contribution in [3.63, 3.8) is 0 Å². The molecule has 2 rings (SSSR count). The number of halogens is 2. The van der Waals surface area contributed by atoms with Gasteiger partial charge in [-0.25, -0.2) is 0 Å². The third-order valence-corrected chi connectivity index (χ3v) is 9.46. The Kier molecular flexibility index (Phi) is 12.0. The molecule has 34 heavy (non-hydrogen) atoms. The van der Waals surface area contributed by atoms with Crippen LogP contribution in [0.1, 0.15) is 101 Å². The molecule has 0 radical (unpaired) electrons. The first-order valence-electron chi connectivity index (χ1n) is 12.4. The van der Waals surface area contributed by atoms with Gasteiger partial charge in [-0.05, 0) is 0 Å². The molecule has 0 saturated carbocycles. The summed E-state index contributed by atoms with van der Waals surface area (Å²) in [6.45, 7) is 20.9. The topological polar surface area (TPSA) is 27.3 Å². The van der Waals surface area contributed by atoms with Crippen molar-refractivity contribution < 1.29 is 10.1 Å². The number of benzene rings is 2. The van der Waals surface area contributed by atoms with E-state index >= 15 is 0 Å². The molecule has 0 aliphatic rings. The maximum atomic E-state index is 3.81. The summed E-state index contributed by atoms with van der Waals surface area (Å²) in [6, 6.07) is 11.3. The second kappa shape index (κ2) is 13.7. The van der Waals surface area contributed by atoms with E-state index in [1.807, 2.05) is 0 Å². The fraction of sp³-hybridized carbons (Fsp3) is 0.571. The molecule has 0 saturated heterocycles. The molecular formula is C28H44Br2CoN3. The molecule has 0 bridgehead atoms. The molecular weight excluding hydrogens is 597 g/mol. The van der Waals surface area contributed by atoms with Crippen molar-refractivity contribution >= 4 is 44.2 Å². The van der Waals surface area contributed by atoms with Crippen molar-refractivity contribution in [1.82, 2.24) is 4.90 Å². The van der Waals surface area contributed by atoms with Crippen LogP contribution in [0.15, 0.2) is 30.3 Å². The minimum absolute atomic E-state index is 0.449. The zero-order chi connectivity index (χ0) is 25.6. The second-order valence-corrected chi connectivity index (χ2v) is 18.7. The molecule has 0 atom stereocenters. The van der Waals surface area contributed by atoms with Gasteiger partial charge in [0.15, 0.2) is 0 Å². The summed E-state index contributed by atoms with van der Waals surface area (Å²) in [5.41, 5.74) is 8.27. The first-order chi connectivity index (χ1) is 16.0. The van der Waals surface area contributed by atoms with Crippen LogP contribution in [-0.4, -0.2) is 31.7 Å². The normalized spacial score (nSPS) is 12.4. The van der Waals surface area contributed by atoms with E-state index in [0.717, 1.165) is 19.8 Å². The summed E-state index contributed by atoms with van der Waals surface area (Å²) in [7, 11) is 1.71. The Labute approximate surface area is 227 Å². The molecule has 6 heteroatoms. The molecule has 0 aliphatic carbocycles. The molecule has 2 N–H and O–H groups in total. The molecule has 194 valence electrons. The van der Waals surface area contributed by atoms with Crippen molar-refractivity contribution in [3.8, 4) is 0 Å². The first-order valence-corrected chi connectivity index (χ1v) is 18.1. The molecule has 2 aromatic carbocycles. The Morgan fingerprint density at radius 3 is 1.74 bits per heavy atom. The molecule has 0 amide bonds. The number of likely N-dealkylation sites (N-methyl/N-ethyl adjacent to an activating group) is 1. The van der Waals surface area contributed by atoms with E-state index in [1.54, 1.807) is 0 Å². The van der Waals surface area contributed by atoms with E-state index in [4.69, 9.17) is 0 Å². The third kappa shape index (κ3) is 7.73. The minimum atomic E-state index is -0.490. The Bertz CT molecular complexity index is 900. The van der Waals surface area contributed by atoms with Gasteiger partial charge in [-0.3, -0.25) is 0 Å². The Balaban J connectivity index is 2.14. The van der Waals surface area contributed by atoms with Crippen molar-refractivity contribution in [2.45, 2.75) is 79.1 Å². The Hall–Kier alpha value is -0.534. The van der Waals surface area contributed by atoms with Crippen molar-refractivity contribution in [2.75, 3.05) is 37.4 Å². The number of hydrogen-bond acceptors (Lipinski definition) is 3. The predicted molar refractivity (Wildman–Crippen MR) is 156 cm³/mol. The standard InChI is InChI=1S/C28H44N3.2BrH.Co/c1-19(2)23-12-10-13-24(20(3)4)27(23)29-16-17-31(9)18-30-28-25(21(5)6)14-11-15-26(28)22(7)8;;;/h10-14,19-22,29-30H,16-18H2,1-9H3;2*1H;/q;;;+2/p-2. The summed E-state index contributed by atoms with van der Waals surface area (Å²) in [5.74, 6) is 1.93. The molecule has 0 unspecified atom stereocenters. The van der Waals surface area contributed by atoms with Crippen molar-refractivity contribution in [3.05, 3.63) is 52.6 Å². The summed E-state index contributed by atoms with van der Waals surface area (Å²) < 4.78 is 1.37. The van der Waals surface area contributed by atoms with Gasteiger partial charge < -0.3 is 0 Å². The Morgan fingerprint density at radius 1 is 0.735 bits per heavy atom. The zero-order valence-electron chi connectivity index (χ0n) is 22.4. The summed E-state index contributed by atoms with van der Waals surface area (Å²) >= 11 is 7.60. The van der Waals surface area contributed by atoms with Gasteiger partial charge in [0, 0.05) is 0 Å². The summed E-state index contributed by atoms with van der Waals surface area (Å²) in [6.07, 6.45) is 0. The van der Waals surface area contributed by atoms with Gasteiger partial charge in [0.25, 0.3) is 0 Å². The van der Waals surface area contributed by atoms with Gasteiger partial charge in [0.2, 0.25) is 0 Å². The fourth-order valence-electron chi connectivity index (χ4n) is 4.36. The number of rotatable bonds is 12. The molecule has 0 fully saturated rings. The summed E-state index contributed by atoms with van der Waals surface area (Å²) in [4.78, 5) is 2.37. The van der Waals surface area contributed by atoms with Crippen LogP contribution in [0.3, 0.4) is 0 Å². The quantitative estimate of drug-likeness (QED) is 0.228. The Morgan fingerprint density at radius 2 is 1.26 bits per heavy atom. The van der Waals surface area contributed by atoms with Gasteiger partial charge in [0.1, 0.15) is 0 Å². The first kappa shape index (κ1) is 29.7. The van der Waals surface area contributed by atoms with Gasteiger partial charge in [-0.2, -0.15) is 0 Å². The molecule has 3 nitrogen and oxygen atoms in total. The van der Waals surface area contributed by atoms with Crippen LogP contribution in [0, 0.1) is 0 Å². The van der Waals surface area contributed by atoms with Gasteiger partial charge in [-0.15, -0.1) is 0 Å². The van der Waals surface area contributed by atoms with Crippen LogP contribution in [-0.2, 0) is 10.1 Å². The average Bonchev–Trinajstić information content (AvgIpc) is 2.76. The van der Waals surface area contributed by atoms with E-state index in [0.29, 0.717) is 23.7 Å². The van der Waals surface area contributed by atoms with E-state index < -0.39 is 10.1 Å². The monoisotopic (exact) mass is 639 g/mol. The molecule has 0 aromatic heterocycles. The summed E-state index contributed by atoms with van der Waals surface area (Å²) in [5, 5.41) is 7.59. The van der Waals surface area contributed by atoms with Crippen molar-refractivity contribution in [2.24, 2.45) is 0 Å². The van der Waals surface area contributed by atoms with Crippen LogP contribution < -0.4 is 15.1 Å². The van der Waals surface area contributed by atoms with E-state index in [9.17, 15) is 0 Å². The van der Waals surface area contributed by atoms with Crippen LogP contribution in [0.4, 0.5) is 11.4 Å². The van der Waals surface area contributed by atoms with Gasteiger partial charge >= 0.3 is 195 Å². The predicted octanol–water partition coefficient (Wildman–Crippen LogP) is 8.46. The zero-order valence-corrected chi connectivity index (χ0v) is 26.6. The van der Waals surface area contributed by atoms with Crippen LogP contribution >= 0.6 is 28.3 Å². The number of nitrogens with zero attached hydrogens (tertiary/aromatic N) is 1. The number of anilines is 2. The number of hydrogen-bond donors (Lipinski definition) is 2. The van der Waals surface area contributed by atoms with E-state index in [2.05, 4.69) is 137 Å². The van der Waals surface area contributed by atoms with Gasteiger partial charge in [0.05, 0.1) is 0 Å². The average molecular weight is 641 g/mol. The third-order valence-electron chi connectivity index (χ3n) is 6.23. The number of nitrogens with one attached hydrogen (secondary N) is 2. The second-order valence-electron chi connectivity index (χ2n) is 10.3. The van der Waals surface area contributed by atoms with E-state index in [1.165, 1.54) is 38.1 Å². The van der Waals surface area contributed by atoms with Crippen molar-refractivity contribution in [1.29, 1.82) is 0 Å². The number of para-hydroxylation sites is 1. The van der Waals surface area contributed by atoms with E-state index in [-0.39, 0.29) is 0 Å². The molecule has 0 aliphatic heterocycles.